The molecular formula is C27H33N3O2S. The molecule has 0 aliphatic carbocycles. The Kier molecular flexibility index (Phi) is 6.84. The Morgan fingerprint density at radius 3 is 2.45 bits per heavy atom. The molecule has 0 saturated heterocycles. The maximum Gasteiger partial charge on any atom is 0.247 e. The minimum Gasteiger partial charge on any atom is -0.354 e. The summed E-state index contributed by atoms with van der Waals surface area (Å²) in [5, 5.41) is 5.12. The van der Waals surface area contributed by atoms with Crippen molar-refractivity contribution in [1.29, 1.82) is 0 Å². The van der Waals surface area contributed by atoms with Gasteiger partial charge in [-0.2, -0.15) is 0 Å². The normalized spacial score (nSPS) is 16.4. The Labute approximate surface area is 200 Å². The minimum atomic E-state index is -0.717. The second kappa shape index (κ2) is 9.64. The quantitative estimate of drug-likeness (QED) is 0.514. The third-order valence-electron chi connectivity index (χ3n) is 6.33. The van der Waals surface area contributed by atoms with E-state index < -0.39 is 6.04 Å². The van der Waals surface area contributed by atoms with Gasteiger partial charge < -0.3 is 9.88 Å². The topological polar surface area (TPSA) is 54.3 Å². The number of rotatable bonds is 6. The third kappa shape index (κ3) is 4.54. The van der Waals surface area contributed by atoms with E-state index in [1.807, 2.05) is 31.3 Å². The second-order valence-corrected chi connectivity index (χ2v) is 10.4. The SMILES string of the molecule is CC(C)CCNC(=O)[C@@H]1c2c(n(C)c3ccccc23)SCC(=O)N1c1ccc(C(C)C)cc1. The third-order valence-corrected chi connectivity index (χ3v) is 7.49. The molecule has 0 radical (unpaired) electrons. The molecule has 0 spiro atoms. The van der Waals surface area contributed by atoms with E-state index in [-0.39, 0.29) is 11.8 Å². The molecule has 174 valence electrons. The van der Waals surface area contributed by atoms with E-state index in [4.69, 9.17) is 0 Å². The zero-order chi connectivity index (χ0) is 23.7. The summed E-state index contributed by atoms with van der Waals surface area (Å²) in [5.41, 5.74) is 3.95. The number of nitrogens with one attached hydrogen (secondary N) is 1. The van der Waals surface area contributed by atoms with E-state index in [0.717, 1.165) is 33.6 Å². The lowest BCUT2D eigenvalue weighted by atomic mass is 10.00. The van der Waals surface area contributed by atoms with Gasteiger partial charge in [-0.3, -0.25) is 14.5 Å². The van der Waals surface area contributed by atoms with Crippen LogP contribution in [0.1, 0.15) is 57.2 Å². The number of aryl methyl sites for hydroxylation is 1. The number of hydrogen-bond acceptors (Lipinski definition) is 3. The molecule has 1 atom stereocenters. The van der Waals surface area contributed by atoms with Crippen molar-refractivity contribution in [3.05, 3.63) is 59.7 Å². The van der Waals surface area contributed by atoms with E-state index in [1.165, 1.54) is 17.3 Å². The molecule has 1 aliphatic heterocycles. The number of thioether (sulfide) groups is 1. The van der Waals surface area contributed by atoms with Crippen molar-refractivity contribution in [3.63, 3.8) is 0 Å². The van der Waals surface area contributed by atoms with Crippen molar-refractivity contribution >= 4 is 40.2 Å². The number of carbonyl (C=O) groups excluding carboxylic acids is 2. The van der Waals surface area contributed by atoms with Gasteiger partial charge in [0, 0.05) is 35.7 Å². The van der Waals surface area contributed by atoms with Crippen molar-refractivity contribution in [1.82, 2.24) is 9.88 Å². The number of benzene rings is 2. The molecule has 3 aromatic rings. The van der Waals surface area contributed by atoms with E-state index >= 15 is 0 Å². The summed E-state index contributed by atoms with van der Waals surface area (Å²) in [5.74, 6) is 0.996. The maximum atomic E-state index is 13.7. The number of carbonyl (C=O) groups is 2. The Morgan fingerprint density at radius 1 is 1.09 bits per heavy atom. The molecule has 6 heteroatoms. The predicted octanol–water partition coefficient (Wildman–Crippen LogP) is 5.64. The molecule has 2 aromatic carbocycles. The number of para-hydroxylation sites is 1. The number of nitrogens with zero attached hydrogens (tertiary/aromatic N) is 2. The van der Waals surface area contributed by atoms with Gasteiger partial charge in [0.2, 0.25) is 11.8 Å². The molecule has 33 heavy (non-hydrogen) atoms. The number of aromatic nitrogens is 1. The van der Waals surface area contributed by atoms with Gasteiger partial charge in [0.15, 0.2) is 0 Å². The molecule has 1 N–H and O–H groups in total. The molecule has 1 aromatic heterocycles. The molecule has 5 nitrogen and oxygen atoms in total. The van der Waals surface area contributed by atoms with E-state index in [0.29, 0.717) is 24.1 Å². The van der Waals surface area contributed by atoms with Crippen LogP contribution >= 0.6 is 11.8 Å². The lowest BCUT2D eigenvalue weighted by Gasteiger charge is -2.30. The Balaban J connectivity index is 1.86. The van der Waals surface area contributed by atoms with Crippen molar-refractivity contribution in [2.75, 3.05) is 17.2 Å². The standard InChI is InChI=1S/C27H33N3O2S/c1-17(2)14-15-28-26(32)25-24-21-8-6-7-9-22(21)29(5)27(24)33-16-23(31)30(25)20-12-10-19(11-13-20)18(3)4/h6-13,17-18,25H,14-16H2,1-5H3,(H,28,32)/t25-/m0/s1. The molecule has 1 aliphatic rings. The highest BCUT2D eigenvalue weighted by atomic mass is 32.2. The fourth-order valence-corrected chi connectivity index (χ4v) is 5.52. The van der Waals surface area contributed by atoms with Crippen LogP contribution in [0.3, 0.4) is 0 Å². The summed E-state index contributed by atoms with van der Waals surface area (Å²) >= 11 is 1.52. The van der Waals surface area contributed by atoms with Crippen LogP contribution in [-0.4, -0.2) is 28.7 Å². The summed E-state index contributed by atoms with van der Waals surface area (Å²) in [6, 6.07) is 15.5. The fraction of sp³-hybridized carbons (Fsp3) is 0.407. The first-order valence-corrected chi connectivity index (χ1v) is 12.7. The van der Waals surface area contributed by atoms with Crippen LogP contribution in [0.2, 0.25) is 0 Å². The lowest BCUT2D eigenvalue weighted by Crippen LogP contribution is -2.44. The van der Waals surface area contributed by atoms with Gasteiger partial charge in [-0.1, -0.05) is 69.8 Å². The summed E-state index contributed by atoms with van der Waals surface area (Å²) < 4.78 is 2.11. The number of anilines is 1. The summed E-state index contributed by atoms with van der Waals surface area (Å²) in [4.78, 5) is 28.9. The van der Waals surface area contributed by atoms with Crippen LogP contribution in [0.15, 0.2) is 53.6 Å². The lowest BCUT2D eigenvalue weighted by molar-refractivity contribution is -0.125. The number of amides is 2. The smallest absolute Gasteiger partial charge is 0.247 e. The van der Waals surface area contributed by atoms with Crippen LogP contribution in [0.25, 0.3) is 10.9 Å². The molecular weight excluding hydrogens is 430 g/mol. The monoisotopic (exact) mass is 463 g/mol. The molecule has 4 rings (SSSR count). The van der Waals surface area contributed by atoms with Gasteiger partial charge in [0.25, 0.3) is 0 Å². The first kappa shape index (κ1) is 23.4. The zero-order valence-electron chi connectivity index (χ0n) is 20.1. The summed E-state index contributed by atoms with van der Waals surface area (Å²) in [6.45, 7) is 9.17. The molecule has 0 fully saturated rings. The van der Waals surface area contributed by atoms with Crippen molar-refractivity contribution < 1.29 is 9.59 Å². The van der Waals surface area contributed by atoms with Gasteiger partial charge in [-0.25, -0.2) is 0 Å². The first-order valence-electron chi connectivity index (χ1n) is 11.7. The Morgan fingerprint density at radius 2 is 1.79 bits per heavy atom. The van der Waals surface area contributed by atoms with Gasteiger partial charge in [-0.05, 0) is 42.0 Å². The predicted molar refractivity (Wildman–Crippen MR) is 137 cm³/mol. The van der Waals surface area contributed by atoms with Gasteiger partial charge in [0.05, 0.1) is 10.8 Å². The largest absolute Gasteiger partial charge is 0.354 e. The second-order valence-electron chi connectivity index (χ2n) is 9.47. The molecule has 2 heterocycles. The molecule has 2 amide bonds. The van der Waals surface area contributed by atoms with E-state index in [1.54, 1.807) is 4.90 Å². The average molecular weight is 464 g/mol. The summed E-state index contributed by atoms with van der Waals surface area (Å²) in [7, 11) is 2.01. The van der Waals surface area contributed by atoms with Crippen molar-refractivity contribution in [2.45, 2.75) is 51.1 Å². The van der Waals surface area contributed by atoms with Crippen LogP contribution in [0.5, 0.6) is 0 Å². The van der Waals surface area contributed by atoms with Crippen LogP contribution in [0, 0.1) is 5.92 Å². The minimum absolute atomic E-state index is 0.0541. The van der Waals surface area contributed by atoms with Crippen LogP contribution < -0.4 is 10.2 Å². The first-order chi connectivity index (χ1) is 15.8. The average Bonchev–Trinajstić information content (AvgIpc) is 2.96. The number of fused-ring (bicyclic) bond motifs is 3. The van der Waals surface area contributed by atoms with E-state index in [9.17, 15) is 9.59 Å². The highest BCUT2D eigenvalue weighted by Gasteiger charge is 2.39. The van der Waals surface area contributed by atoms with Crippen molar-refractivity contribution in [2.24, 2.45) is 13.0 Å². The molecule has 0 bridgehead atoms. The van der Waals surface area contributed by atoms with Gasteiger partial charge in [0.1, 0.15) is 6.04 Å². The highest BCUT2D eigenvalue weighted by molar-refractivity contribution is 8.00. The van der Waals surface area contributed by atoms with Crippen LogP contribution in [0.4, 0.5) is 5.69 Å². The Hall–Kier alpha value is -2.73. The zero-order valence-corrected chi connectivity index (χ0v) is 20.9. The van der Waals surface area contributed by atoms with Gasteiger partial charge in [-0.15, -0.1) is 0 Å². The fourth-order valence-electron chi connectivity index (χ4n) is 4.45. The van der Waals surface area contributed by atoms with Crippen LogP contribution in [-0.2, 0) is 16.6 Å². The Bertz CT molecular complexity index is 1160. The highest BCUT2D eigenvalue weighted by Crippen LogP contribution is 2.43. The molecule has 0 unspecified atom stereocenters. The van der Waals surface area contributed by atoms with Gasteiger partial charge >= 0.3 is 0 Å². The summed E-state index contributed by atoms with van der Waals surface area (Å²) in [6.07, 6.45) is 0.895. The maximum absolute atomic E-state index is 13.7. The molecule has 0 saturated carbocycles. The number of hydrogen-bond donors (Lipinski definition) is 1. The van der Waals surface area contributed by atoms with Crippen molar-refractivity contribution in [3.8, 4) is 0 Å². The van der Waals surface area contributed by atoms with E-state index in [2.05, 4.69) is 61.8 Å².